The highest BCUT2D eigenvalue weighted by Gasteiger charge is 2.27. The van der Waals surface area contributed by atoms with Crippen molar-refractivity contribution in [1.29, 1.82) is 0 Å². The topological polar surface area (TPSA) is 143 Å². The third kappa shape index (κ3) is 5.06. The molecule has 196 valence electrons. The summed E-state index contributed by atoms with van der Waals surface area (Å²) in [6.07, 6.45) is 3.50. The third-order valence-corrected chi connectivity index (χ3v) is 8.23. The smallest absolute Gasteiger partial charge is 0.270 e. The van der Waals surface area contributed by atoms with Crippen LogP contribution in [0, 0.1) is 10.1 Å². The number of carbonyl (C=O) groups excluding carboxylic acids is 1. The minimum Gasteiger partial charge on any atom is -0.368 e. The average Bonchev–Trinajstić information content (AvgIpc) is 3.32. The van der Waals surface area contributed by atoms with Gasteiger partial charge >= 0.3 is 0 Å². The quantitative estimate of drug-likeness (QED) is 0.312. The highest BCUT2D eigenvalue weighted by molar-refractivity contribution is 7.89. The monoisotopic (exact) mass is 535 g/mol. The Morgan fingerprint density at radius 2 is 1.89 bits per heavy atom. The maximum absolute atomic E-state index is 13.7. The third-order valence-electron chi connectivity index (χ3n) is 6.38. The standard InChI is InChI=1S/C25H25N7O5S/c1-18(33)29-11-9-26-24-8-10-31-25(28-24)23(16-27-31)20-5-2-4-19(14-20)17-30(13-12-29)38(36,37)22-7-3-6-21(15-22)32(34)35/h2-8,10,14-16H,9,11-13,17H2,1H3,(H,26,28). The Labute approximate surface area is 218 Å². The molecule has 4 aromatic rings. The number of aromatic nitrogens is 3. The lowest BCUT2D eigenvalue weighted by Crippen LogP contribution is -2.41. The molecule has 1 aliphatic rings. The largest absolute Gasteiger partial charge is 0.368 e. The number of hydrogen-bond donors (Lipinski definition) is 1. The Morgan fingerprint density at radius 1 is 1.08 bits per heavy atom. The van der Waals surface area contributed by atoms with Crippen LogP contribution in [0.2, 0.25) is 0 Å². The second-order valence-electron chi connectivity index (χ2n) is 8.87. The van der Waals surface area contributed by atoms with E-state index in [9.17, 15) is 23.3 Å². The van der Waals surface area contributed by atoms with E-state index in [0.29, 0.717) is 30.1 Å². The number of nitro groups is 1. The van der Waals surface area contributed by atoms with Gasteiger partial charge in [0.25, 0.3) is 5.69 Å². The highest BCUT2D eigenvalue weighted by Crippen LogP contribution is 2.27. The van der Waals surface area contributed by atoms with Crippen LogP contribution >= 0.6 is 0 Å². The molecule has 0 fully saturated rings. The molecule has 0 saturated carbocycles. The van der Waals surface area contributed by atoms with Gasteiger partial charge in [-0.05, 0) is 29.3 Å². The molecule has 5 rings (SSSR count). The molecule has 38 heavy (non-hydrogen) atoms. The van der Waals surface area contributed by atoms with Gasteiger partial charge < -0.3 is 10.2 Å². The zero-order chi connectivity index (χ0) is 26.9. The van der Waals surface area contributed by atoms with Crippen LogP contribution < -0.4 is 5.32 Å². The van der Waals surface area contributed by atoms with Crippen LogP contribution in [0.15, 0.2) is 71.9 Å². The summed E-state index contributed by atoms with van der Waals surface area (Å²) in [4.78, 5) is 29.1. The van der Waals surface area contributed by atoms with Crippen molar-refractivity contribution in [2.75, 3.05) is 31.5 Å². The summed E-state index contributed by atoms with van der Waals surface area (Å²) in [5, 5.41) is 18.9. The first-order valence-electron chi connectivity index (χ1n) is 11.9. The lowest BCUT2D eigenvalue weighted by molar-refractivity contribution is -0.385. The highest BCUT2D eigenvalue weighted by atomic mass is 32.2. The fraction of sp³-hybridized carbons (Fsp3) is 0.240. The van der Waals surface area contributed by atoms with Crippen LogP contribution in [0.5, 0.6) is 0 Å². The van der Waals surface area contributed by atoms with Gasteiger partial charge in [-0.1, -0.05) is 24.3 Å². The van der Waals surface area contributed by atoms with Crippen molar-refractivity contribution in [3.63, 3.8) is 0 Å². The van der Waals surface area contributed by atoms with Gasteiger partial charge in [-0.15, -0.1) is 0 Å². The summed E-state index contributed by atoms with van der Waals surface area (Å²) in [7, 11) is -4.14. The second-order valence-corrected chi connectivity index (χ2v) is 10.8. The van der Waals surface area contributed by atoms with E-state index < -0.39 is 14.9 Å². The van der Waals surface area contributed by atoms with Crippen molar-refractivity contribution in [1.82, 2.24) is 23.8 Å². The van der Waals surface area contributed by atoms with Crippen LogP contribution in [-0.4, -0.2) is 69.2 Å². The van der Waals surface area contributed by atoms with Gasteiger partial charge in [-0.25, -0.2) is 17.9 Å². The number of rotatable bonds is 3. The van der Waals surface area contributed by atoms with Crippen molar-refractivity contribution in [2.45, 2.75) is 18.4 Å². The minimum atomic E-state index is -4.14. The lowest BCUT2D eigenvalue weighted by Gasteiger charge is -2.27. The number of anilines is 1. The van der Waals surface area contributed by atoms with E-state index in [1.54, 1.807) is 27.9 Å². The van der Waals surface area contributed by atoms with Gasteiger partial charge in [-0.2, -0.15) is 9.40 Å². The fourth-order valence-corrected chi connectivity index (χ4v) is 5.84. The number of nitrogens with one attached hydrogen (secondary N) is 1. The van der Waals surface area contributed by atoms with Gasteiger partial charge in [0, 0.05) is 63.5 Å². The molecule has 12 nitrogen and oxygen atoms in total. The molecule has 2 aromatic heterocycles. The summed E-state index contributed by atoms with van der Waals surface area (Å²) in [6.45, 7) is 2.30. The number of benzene rings is 2. The van der Waals surface area contributed by atoms with Gasteiger partial charge in [0.15, 0.2) is 5.65 Å². The molecule has 1 N–H and O–H groups in total. The molecule has 0 spiro atoms. The first-order valence-corrected chi connectivity index (χ1v) is 13.3. The average molecular weight is 536 g/mol. The fourth-order valence-electron chi connectivity index (χ4n) is 4.38. The molecule has 0 aliphatic carbocycles. The number of nitro benzene ring substituents is 1. The molecular weight excluding hydrogens is 510 g/mol. The summed E-state index contributed by atoms with van der Waals surface area (Å²) in [5.74, 6) is 0.427. The summed E-state index contributed by atoms with van der Waals surface area (Å²) < 4.78 is 30.4. The van der Waals surface area contributed by atoms with Crippen LogP contribution in [0.3, 0.4) is 0 Å². The molecule has 0 saturated heterocycles. The number of amides is 1. The Kier molecular flexibility index (Phi) is 6.78. The van der Waals surface area contributed by atoms with E-state index >= 15 is 0 Å². The van der Waals surface area contributed by atoms with Crippen molar-refractivity contribution in [3.8, 4) is 11.1 Å². The van der Waals surface area contributed by atoms with Crippen molar-refractivity contribution >= 4 is 33.1 Å². The van der Waals surface area contributed by atoms with Crippen molar-refractivity contribution in [2.24, 2.45) is 0 Å². The van der Waals surface area contributed by atoms with Crippen LogP contribution in [0.1, 0.15) is 12.5 Å². The Hall–Kier alpha value is -4.36. The molecule has 4 bridgehead atoms. The van der Waals surface area contributed by atoms with E-state index in [2.05, 4.69) is 10.4 Å². The molecular formula is C25H25N7O5S. The van der Waals surface area contributed by atoms with Crippen LogP contribution in [0.25, 0.3) is 16.8 Å². The van der Waals surface area contributed by atoms with Crippen molar-refractivity contribution in [3.05, 3.63) is 82.7 Å². The van der Waals surface area contributed by atoms with E-state index in [-0.39, 0.29) is 36.1 Å². The molecule has 1 aliphatic heterocycles. The molecule has 2 aromatic carbocycles. The van der Waals surface area contributed by atoms with Gasteiger partial charge in [0.2, 0.25) is 15.9 Å². The predicted molar refractivity (Wildman–Crippen MR) is 140 cm³/mol. The molecule has 0 unspecified atom stereocenters. The molecule has 0 atom stereocenters. The van der Waals surface area contributed by atoms with Crippen molar-refractivity contribution < 1.29 is 18.1 Å². The SMILES string of the molecule is CC(=O)N1CCNc2ccn3ncc(c3n2)-c2cccc(c2)CN(S(=O)(=O)c2cccc([N+](=O)[O-])c2)CC1. The first-order chi connectivity index (χ1) is 18.2. The van der Waals surface area contributed by atoms with Gasteiger partial charge in [-0.3, -0.25) is 14.9 Å². The van der Waals surface area contributed by atoms with E-state index in [1.165, 1.54) is 29.4 Å². The maximum atomic E-state index is 13.7. The number of fused-ring (bicyclic) bond motifs is 4. The van der Waals surface area contributed by atoms with E-state index in [1.807, 2.05) is 24.3 Å². The van der Waals surface area contributed by atoms with Gasteiger partial charge in [0.1, 0.15) is 5.82 Å². The summed E-state index contributed by atoms with van der Waals surface area (Å²) >= 11 is 0. The Bertz CT molecular complexity index is 1640. The first kappa shape index (κ1) is 25.3. The summed E-state index contributed by atoms with van der Waals surface area (Å²) in [6, 6.07) is 14.2. The van der Waals surface area contributed by atoms with Crippen LogP contribution in [-0.2, 0) is 21.4 Å². The zero-order valence-corrected chi connectivity index (χ0v) is 21.3. The van der Waals surface area contributed by atoms with E-state index in [4.69, 9.17) is 4.98 Å². The normalized spacial score (nSPS) is 15.0. The predicted octanol–water partition coefficient (Wildman–Crippen LogP) is 2.77. The van der Waals surface area contributed by atoms with Gasteiger partial charge in [0.05, 0.1) is 16.0 Å². The Balaban J connectivity index is 1.59. The van der Waals surface area contributed by atoms with Crippen LogP contribution in [0.4, 0.5) is 11.5 Å². The number of carbonyl (C=O) groups is 1. The minimum absolute atomic E-state index is 0.000745. The summed E-state index contributed by atoms with van der Waals surface area (Å²) in [5.41, 5.74) is 2.61. The zero-order valence-electron chi connectivity index (χ0n) is 20.5. The molecule has 0 radical (unpaired) electrons. The molecule has 13 heteroatoms. The number of non-ortho nitro benzene ring substituents is 1. The van der Waals surface area contributed by atoms with E-state index in [0.717, 1.165) is 17.2 Å². The maximum Gasteiger partial charge on any atom is 0.270 e. The number of sulfonamides is 1. The molecule has 1 amide bonds. The Morgan fingerprint density at radius 3 is 2.68 bits per heavy atom. The number of hydrogen-bond acceptors (Lipinski definition) is 8. The second kappa shape index (κ2) is 10.2. The lowest BCUT2D eigenvalue weighted by atomic mass is 10.1. The molecule has 3 heterocycles. The number of nitrogens with zero attached hydrogens (tertiary/aromatic N) is 6.